The lowest BCUT2D eigenvalue weighted by Gasteiger charge is -2.31. The summed E-state index contributed by atoms with van der Waals surface area (Å²) in [5, 5.41) is 2.00. The van der Waals surface area contributed by atoms with Gasteiger partial charge in [0.15, 0.2) is 0 Å². The zero-order valence-corrected chi connectivity index (χ0v) is 12.9. The quantitative estimate of drug-likeness (QED) is 0.814. The summed E-state index contributed by atoms with van der Waals surface area (Å²) in [6.45, 7) is 1.42. The van der Waals surface area contributed by atoms with E-state index in [4.69, 9.17) is 4.74 Å². The monoisotopic (exact) mass is 315 g/mol. The van der Waals surface area contributed by atoms with Gasteiger partial charge in [0.2, 0.25) is 11.8 Å². The molecule has 0 aromatic carbocycles. The molecule has 1 amide bonds. The number of carbonyl (C=O) groups is 1. The van der Waals surface area contributed by atoms with Crippen LogP contribution in [0.2, 0.25) is 0 Å². The van der Waals surface area contributed by atoms with Crippen LogP contribution in [0.4, 0.5) is 0 Å². The van der Waals surface area contributed by atoms with Crippen molar-refractivity contribution in [1.82, 2.24) is 14.9 Å². The predicted octanol–water partition coefficient (Wildman–Crippen LogP) is 2.62. The number of rotatable bonds is 4. The van der Waals surface area contributed by atoms with Crippen molar-refractivity contribution in [3.8, 4) is 5.88 Å². The molecule has 0 N–H and O–H groups in total. The minimum Gasteiger partial charge on any atom is -0.474 e. The fourth-order valence-corrected chi connectivity index (χ4v) is 2.98. The van der Waals surface area contributed by atoms with Gasteiger partial charge in [0, 0.05) is 49.1 Å². The SMILES string of the molecule is O=C(/C=C/c1cccs1)N1CCC(Oc2ccncn2)CC1. The van der Waals surface area contributed by atoms with Gasteiger partial charge in [-0.2, -0.15) is 0 Å². The van der Waals surface area contributed by atoms with Crippen LogP contribution in [-0.2, 0) is 4.79 Å². The average Bonchev–Trinajstić information content (AvgIpc) is 3.08. The van der Waals surface area contributed by atoms with E-state index in [-0.39, 0.29) is 12.0 Å². The average molecular weight is 315 g/mol. The minimum absolute atomic E-state index is 0.0638. The standard InChI is InChI=1S/C16H17N3O2S/c20-16(4-3-14-2-1-11-22-14)19-9-6-13(7-10-19)21-15-5-8-17-12-18-15/h1-5,8,11-13H,6-7,9-10H2/b4-3+. The Labute approximate surface area is 133 Å². The van der Waals surface area contributed by atoms with E-state index in [1.54, 1.807) is 29.7 Å². The first-order valence-corrected chi connectivity index (χ1v) is 8.12. The summed E-state index contributed by atoms with van der Waals surface area (Å²) >= 11 is 1.62. The van der Waals surface area contributed by atoms with Crippen molar-refractivity contribution in [3.05, 3.63) is 47.1 Å². The summed E-state index contributed by atoms with van der Waals surface area (Å²) in [6, 6.07) is 5.72. The summed E-state index contributed by atoms with van der Waals surface area (Å²) < 4.78 is 5.80. The fourth-order valence-electron chi connectivity index (χ4n) is 2.36. The van der Waals surface area contributed by atoms with Crippen LogP contribution in [0.15, 0.2) is 42.2 Å². The van der Waals surface area contributed by atoms with Crippen molar-refractivity contribution in [2.75, 3.05) is 13.1 Å². The lowest BCUT2D eigenvalue weighted by Crippen LogP contribution is -2.41. The van der Waals surface area contributed by atoms with Crippen molar-refractivity contribution in [3.63, 3.8) is 0 Å². The highest BCUT2D eigenvalue weighted by Crippen LogP contribution is 2.17. The second kappa shape index (κ2) is 7.17. The smallest absolute Gasteiger partial charge is 0.246 e. The van der Waals surface area contributed by atoms with Gasteiger partial charge >= 0.3 is 0 Å². The number of hydrogen-bond acceptors (Lipinski definition) is 5. The largest absolute Gasteiger partial charge is 0.474 e. The van der Waals surface area contributed by atoms with Gasteiger partial charge in [-0.1, -0.05) is 6.07 Å². The van der Waals surface area contributed by atoms with Gasteiger partial charge in [0.1, 0.15) is 12.4 Å². The van der Waals surface area contributed by atoms with E-state index in [2.05, 4.69) is 9.97 Å². The molecule has 2 aromatic heterocycles. The molecule has 1 aliphatic heterocycles. The molecule has 5 nitrogen and oxygen atoms in total. The third kappa shape index (κ3) is 3.92. The number of likely N-dealkylation sites (tertiary alicyclic amines) is 1. The molecule has 0 saturated carbocycles. The van der Waals surface area contributed by atoms with Crippen molar-refractivity contribution >= 4 is 23.3 Å². The van der Waals surface area contributed by atoms with Crippen LogP contribution in [0.3, 0.4) is 0 Å². The molecule has 0 bridgehead atoms. The molecule has 3 rings (SSSR count). The molecule has 3 heterocycles. The molecule has 6 heteroatoms. The van der Waals surface area contributed by atoms with Gasteiger partial charge in [-0.15, -0.1) is 11.3 Å². The van der Waals surface area contributed by atoms with E-state index in [0.29, 0.717) is 19.0 Å². The number of piperidine rings is 1. The maximum absolute atomic E-state index is 12.1. The summed E-state index contributed by atoms with van der Waals surface area (Å²) in [5.74, 6) is 0.659. The summed E-state index contributed by atoms with van der Waals surface area (Å²) in [6.07, 6.45) is 8.42. The number of hydrogen-bond donors (Lipinski definition) is 0. The van der Waals surface area contributed by atoms with Crippen molar-refractivity contribution < 1.29 is 9.53 Å². The minimum atomic E-state index is 0.0638. The topological polar surface area (TPSA) is 55.3 Å². The van der Waals surface area contributed by atoms with E-state index >= 15 is 0 Å². The van der Waals surface area contributed by atoms with Crippen LogP contribution in [0.1, 0.15) is 17.7 Å². The Bertz CT molecular complexity index is 620. The molecule has 1 fully saturated rings. The molecular formula is C16H17N3O2S. The molecule has 114 valence electrons. The van der Waals surface area contributed by atoms with E-state index in [9.17, 15) is 4.79 Å². The zero-order valence-electron chi connectivity index (χ0n) is 12.1. The van der Waals surface area contributed by atoms with E-state index in [0.717, 1.165) is 17.7 Å². The van der Waals surface area contributed by atoms with Crippen LogP contribution in [0.5, 0.6) is 5.88 Å². The van der Waals surface area contributed by atoms with Gasteiger partial charge in [-0.3, -0.25) is 4.79 Å². The highest BCUT2D eigenvalue weighted by Gasteiger charge is 2.22. The molecular weight excluding hydrogens is 298 g/mol. The maximum Gasteiger partial charge on any atom is 0.246 e. The first kappa shape index (κ1) is 14.7. The zero-order chi connectivity index (χ0) is 15.2. The maximum atomic E-state index is 12.1. The van der Waals surface area contributed by atoms with Gasteiger partial charge in [-0.25, -0.2) is 9.97 Å². The van der Waals surface area contributed by atoms with Gasteiger partial charge < -0.3 is 9.64 Å². The van der Waals surface area contributed by atoms with Crippen LogP contribution < -0.4 is 4.74 Å². The normalized spacial score (nSPS) is 16.1. The van der Waals surface area contributed by atoms with E-state index in [1.165, 1.54) is 6.33 Å². The Morgan fingerprint density at radius 3 is 2.91 bits per heavy atom. The summed E-state index contributed by atoms with van der Waals surface area (Å²) in [7, 11) is 0. The van der Waals surface area contributed by atoms with Crippen LogP contribution in [0, 0.1) is 0 Å². The molecule has 0 atom stereocenters. The Balaban J connectivity index is 1.48. The lowest BCUT2D eigenvalue weighted by molar-refractivity contribution is -0.127. The molecule has 1 saturated heterocycles. The van der Waals surface area contributed by atoms with Crippen LogP contribution >= 0.6 is 11.3 Å². The van der Waals surface area contributed by atoms with Crippen LogP contribution in [-0.4, -0.2) is 40.0 Å². The lowest BCUT2D eigenvalue weighted by atomic mass is 10.1. The number of ether oxygens (including phenoxy) is 1. The van der Waals surface area contributed by atoms with Crippen molar-refractivity contribution in [1.29, 1.82) is 0 Å². The molecule has 0 spiro atoms. The van der Waals surface area contributed by atoms with E-state index < -0.39 is 0 Å². The Morgan fingerprint density at radius 1 is 1.36 bits per heavy atom. The number of carbonyl (C=O) groups excluding carboxylic acids is 1. The van der Waals surface area contributed by atoms with Gasteiger partial charge in [0.25, 0.3) is 0 Å². The Kier molecular flexibility index (Phi) is 4.80. The molecule has 0 radical (unpaired) electrons. The first-order valence-electron chi connectivity index (χ1n) is 7.24. The van der Waals surface area contributed by atoms with E-state index in [1.807, 2.05) is 28.5 Å². The summed E-state index contributed by atoms with van der Waals surface area (Å²) in [4.78, 5) is 23.0. The number of aromatic nitrogens is 2. The van der Waals surface area contributed by atoms with Crippen molar-refractivity contribution in [2.24, 2.45) is 0 Å². The number of amides is 1. The predicted molar refractivity (Wildman–Crippen MR) is 85.6 cm³/mol. The Hall–Kier alpha value is -2.21. The van der Waals surface area contributed by atoms with Gasteiger partial charge in [-0.05, 0) is 17.5 Å². The fraction of sp³-hybridized carbons (Fsp3) is 0.312. The molecule has 0 aliphatic carbocycles. The molecule has 0 unspecified atom stereocenters. The second-order valence-electron chi connectivity index (χ2n) is 5.04. The van der Waals surface area contributed by atoms with Crippen molar-refractivity contribution in [2.45, 2.75) is 18.9 Å². The third-order valence-electron chi connectivity index (χ3n) is 3.53. The molecule has 22 heavy (non-hydrogen) atoms. The highest BCUT2D eigenvalue weighted by molar-refractivity contribution is 7.10. The first-order chi connectivity index (χ1) is 10.8. The third-order valence-corrected chi connectivity index (χ3v) is 4.37. The highest BCUT2D eigenvalue weighted by atomic mass is 32.1. The molecule has 2 aromatic rings. The van der Waals surface area contributed by atoms with Gasteiger partial charge in [0.05, 0.1) is 0 Å². The Morgan fingerprint density at radius 2 is 2.23 bits per heavy atom. The number of thiophene rings is 1. The second-order valence-corrected chi connectivity index (χ2v) is 6.02. The summed E-state index contributed by atoms with van der Waals surface area (Å²) in [5.41, 5.74) is 0. The number of nitrogens with zero attached hydrogens (tertiary/aromatic N) is 3. The van der Waals surface area contributed by atoms with Crippen LogP contribution in [0.25, 0.3) is 6.08 Å². The molecule has 1 aliphatic rings.